The first kappa shape index (κ1) is 9.83. The Morgan fingerprint density at radius 1 is 0.643 bits per heavy atom. The monoisotopic (exact) mass is 264 g/mol. The average molecular weight is 265 g/mol. The SMILES string of the molecule is Cl[As](c1ccccc1)c1ccccc1. The molecule has 0 aromatic heterocycles. The van der Waals surface area contributed by atoms with E-state index in [4.69, 9.17) is 9.95 Å². The summed E-state index contributed by atoms with van der Waals surface area (Å²) < 4.78 is 2.57. The number of benzene rings is 2. The van der Waals surface area contributed by atoms with Crippen LogP contribution in [0.3, 0.4) is 0 Å². The molecule has 2 rings (SSSR count). The van der Waals surface area contributed by atoms with Crippen molar-refractivity contribution in [1.29, 1.82) is 0 Å². The van der Waals surface area contributed by atoms with Gasteiger partial charge < -0.3 is 0 Å². The molecular formula is C12H10AsCl. The zero-order valence-electron chi connectivity index (χ0n) is 7.60. The molecule has 2 heteroatoms. The zero-order valence-corrected chi connectivity index (χ0v) is 10.2. The summed E-state index contributed by atoms with van der Waals surface area (Å²) in [6.07, 6.45) is 0. The van der Waals surface area contributed by atoms with Gasteiger partial charge in [0.1, 0.15) is 0 Å². The summed E-state index contributed by atoms with van der Waals surface area (Å²) in [5, 5.41) is 0. The first-order valence-corrected chi connectivity index (χ1v) is 8.78. The normalized spacial score (nSPS) is 10.4. The van der Waals surface area contributed by atoms with Crippen molar-refractivity contribution in [2.45, 2.75) is 0 Å². The van der Waals surface area contributed by atoms with Crippen molar-refractivity contribution in [1.82, 2.24) is 0 Å². The molecule has 2 aromatic rings. The molecule has 0 atom stereocenters. The first-order chi connectivity index (χ1) is 6.88. The Bertz CT molecular complexity index is 346. The second-order valence-electron chi connectivity index (χ2n) is 2.95. The van der Waals surface area contributed by atoms with Gasteiger partial charge in [0.05, 0.1) is 0 Å². The predicted octanol–water partition coefficient (Wildman–Crippen LogP) is 2.03. The Morgan fingerprint density at radius 2 is 1.00 bits per heavy atom. The Balaban J connectivity index is 2.30. The Morgan fingerprint density at radius 3 is 1.36 bits per heavy atom. The molecule has 0 amide bonds. The third-order valence-electron chi connectivity index (χ3n) is 1.97. The topological polar surface area (TPSA) is 0 Å². The maximum atomic E-state index is 6.48. The molecule has 0 aliphatic heterocycles. The number of rotatable bonds is 2. The van der Waals surface area contributed by atoms with Crippen molar-refractivity contribution in [2.24, 2.45) is 0 Å². The van der Waals surface area contributed by atoms with Crippen molar-refractivity contribution in [3.05, 3.63) is 60.7 Å². The molecule has 0 fully saturated rings. The molecule has 0 saturated carbocycles. The van der Waals surface area contributed by atoms with Crippen LogP contribution in [0.25, 0.3) is 0 Å². The standard InChI is InChI=1S/C12H10AsCl/c14-13(11-7-3-1-4-8-11)12-9-5-2-6-10-12/h1-10H. The van der Waals surface area contributed by atoms with E-state index < -0.39 is 13.7 Å². The summed E-state index contributed by atoms with van der Waals surface area (Å²) in [6.45, 7) is 0. The van der Waals surface area contributed by atoms with Gasteiger partial charge in [-0.2, -0.15) is 0 Å². The van der Waals surface area contributed by atoms with E-state index in [0.29, 0.717) is 0 Å². The maximum absolute atomic E-state index is 6.48. The van der Waals surface area contributed by atoms with Gasteiger partial charge >= 0.3 is 93.0 Å². The molecule has 0 nitrogen and oxygen atoms in total. The molecule has 0 heterocycles. The van der Waals surface area contributed by atoms with E-state index in [0.717, 1.165) is 0 Å². The summed E-state index contributed by atoms with van der Waals surface area (Å²) in [7, 11) is 6.48. The fourth-order valence-corrected chi connectivity index (χ4v) is 4.88. The molecular weight excluding hydrogens is 255 g/mol. The van der Waals surface area contributed by atoms with Crippen LogP contribution in [-0.2, 0) is 0 Å². The van der Waals surface area contributed by atoms with E-state index >= 15 is 0 Å². The van der Waals surface area contributed by atoms with Gasteiger partial charge in [-0.25, -0.2) is 0 Å². The quantitative estimate of drug-likeness (QED) is 0.728. The molecule has 0 spiro atoms. The molecule has 0 aliphatic carbocycles. The van der Waals surface area contributed by atoms with E-state index in [1.54, 1.807) is 0 Å². The van der Waals surface area contributed by atoms with Crippen LogP contribution in [0.1, 0.15) is 0 Å². The van der Waals surface area contributed by atoms with Crippen LogP contribution < -0.4 is 8.70 Å². The molecule has 14 heavy (non-hydrogen) atoms. The van der Waals surface area contributed by atoms with Gasteiger partial charge in [-0.05, 0) is 0 Å². The van der Waals surface area contributed by atoms with E-state index in [2.05, 4.69) is 24.3 Å². The second kappa shape index (κ2) is 4.68. The third kappa shape index (κ3) is 2.20. The van der Waals surface area contributed by atoms with Crippen molar-refractivity contribution in [2.75, 3.05) is 0 Å². The molecule has 0 unspecified atom stereocenters. The Hall–Kier alpha value is -0.712. The summed E-state index contributed by atoms with van der Waals surface area (Å²) in [5.41, 5.74) is 0. The van der Waals surface area contributed by atoms with E-state index in [-0.39, 0.29) is 0 Å². The van der Waals surface area contributed by atoms with Gasteiger partial charge in [0.25, 0.3) is 0 Å². The van der Waals surface area contributed by atoms with Crippen LogP contribution >= 0.6 is 9.95 Å². The zero-order chi connectivity index (χ0) is 9.80. The van der Waals surface area contributed by atoms with Gasteiger partial charge in [-0.15, -0.1) is 0 Å². The van der Waals surface area contributed by atoms with E-state index in [9.17, 15) is 0 Å². The molecule has 2 aromatic carbocycles. The van der Waals surface area contributed by atoms with E-state index in [1.165, 1.54) is 8.70 Å². The minimum absolute atomic E-state index is 1.29. The van der Waals surface area contributed by atoms with E-state index in [1.807, 2.05) is 36.4 Å². The molecule has 70 valence electrons. The molecule has 0 saturated heterocycles. The van der Waals surface area contributed by atoms with Gasteiger partial charge in [0.2, 0.25) is 0 Å². The second-order valence-corrected chi connectivity index (χ2v) is 8.05. The van der Waals surface area contributed by atoms with Crippen LogP contribution in [0, 0.1) is 0 Å². The average Bonchev–Trinajstić information content (AvgIpc) is 2.30. The third-order valence-corrected chi connectivity index (χ3v) is 7.15. The minimum atomic E-state index is -1.52. The van der Waals surface area contributed by atoms with Gasteiger partial charge in [-0.3, -0.25) is 0 Å². The van der Waals surface area contributed by atoms with Crippen molar-refractivity contribution in [3.63, 3.8) is 0 Å². The summed E-state index contributed by atoms with van der Waals surface area (Å²) >= 11 is -1.52. The van der Waals surface area contributed by atoms with Gasteiger partial charge in [0.15, 0.2) is 0 Å². The number of hydrogen-bond donors (Lipinski definition) is 0. The number of hydrogen-bond acceptors (Lipinski definition) is 0. The van der Waals surface area contributed by atoms with Crippen molar-refractivity contribution in [3.8, 4) is 0 Å². The fraction of sp³-hybridized carbons (Fsp3) is 0. The summed E-state index contributed by atoms with van der Waals surface area (Å²) in [5.74, 6) is 0. The van der Waals surface area contributed by atoms with Crippen LogP contribution in [0.2, 0.25) is 0 Å². The van der Waals surface area contributed by atoms with Crippen LogP contribution in [0.4, 0.5) is 0 Å². The van der Waals surface area contributed by atoms with Crippen molar-refractivity contribution >= 4 is 32.4 Å². The van der Waals surface area contributed by atoms with Gasteiger partial charge in [0, 0.05) is 0 Å². The van der Waals surface area contributed by atoms with Crippen LogP contribution in [-0.4, -0.2) is 13.7 Å². The molecule has 0 aliphatic rings. The summed E-state index contributed by atoms with van der Waals surface area (Å²) in [4.78, 5) is 0. The fourth-order valence-electron chi connectivity index (χ4n) is 1.27. The molecule has 0 bridgehead atoms. The van der Waals surface area contributed by atoms with Gasteiger partial charge in [-0.1, -0.05) is 0 Å². The van der Waals surface area contributed by atoms with Crippen molar-refractivity contribution < 1.29 is 0 Å². The summed E-state index contributed by atoms with van der Waals surface area (Å²) in [6, 6.07) is 20.7. The first-order valence-electron chi connectivity index (χ1n) is 4.44. The number of halogens is 1. The molecule has 0 radical (unpaired) electrons. The van der Waals surface area contributed by atoms with Crippen LogP contribution in [0.5, 0.6) is 0 Å². The Labute approximate surface area is 93.0 Å². The Kier molecular flexibility index (Phi) is 3.29. The molecule has 0 N–H and O–H groups in total. The predicted molar refractivity (Wildman–Crippen MR) is 63.8 cm³/mol. The van der Waals surface area contributed by atoms with Crippen LogP contribution in [0.15, 0.2) is 60.7 Å².